The number of piperidine rings is 1. The van der Waals surface area contributed by atoms with Crippen LogP contribution in [-0.4, -0.2) is 66.2 Å². The van der Waals surface area contributed by atoms with Gasteiger partial charge in [-0.25, -0.2) is 18.4 Å². The van der Waals surface area contributed by atoms with Crippen molar-refractivity contribution < 1.29 is 17.9 Å². The number of sulfone groups is 1. The second kappa shape index (κ2) is 8.16. The molecule has 2 saturated heterocycles. The molecule has 2 fully saturated rings. The van der Waals surface area contributed by atoms with Gasteiger partial charge in [-0.05, 0) is 37.8 Å². The first kappa shape index (κ1) is 19.9. The average molecular weight is 417 g/mol. The van der Waals surface area contributed by atoms with E-state index < -0.39 is 9.84 Å². The molecular weight excluding hydrogens is 392 g/mol. The fraction of sp³-hybridized carbons (Fsp3) is 0.500. The molecule has 0 saturated carbocycles. The summed E-state index contributed by atoms with van der Waals surface area (Å²) in [5, 5.41) is 0. The summed E-state index contributed by atoms with van der Waals surface area (Å²) in [7, 11) is -3.50. The number of pyridine rings is 1. The lowest BCUT2D eigenvalue weighted by atomic mass is 9.94. The van der Waals surface area contributed by atoms with Crippen molar-refractivity contribution in [2.75, 3.05) is 26.0 Å². The maximum atomic E-state index is 12.8. The van der Waals surface area contributed by atoms with E-state index in [4.69, 9.17) is 4.74 Å². The molecule has 8 nitrogen and oxygen atoms in total. The van der Waals surface area contributed by atoms with Crippen LogP contribution in [0.2, 0.25) is 0 Å². The zero-order valence-corrected chi connectivity index (χ0v) is 17.1. The van der Waals surface area contributed by atoms with E-state index >= 15 is 0 Å². The third-order valence-electron chi connectivity index (χ3n) is 5.45. The first-order valence-corrected chi connectivity index (χ1v) is 11.7. The van der Waals surface area contributed by atoms with Gasteiger partial charge in [0.15, 0.2) is 15.7 Å². The minimum Gasteiger partial charge on any atom is -0.368 e. The minimum absolute atomic E-state index is 0.00322. The molecule has 4 heterocycles. The Bertz CT molecular complexity index is 991. The summed E-state index contributed by atoms with van der Waals surface area (Å²) < 4.78 is 30.3. The van der Waals surface area contributed by atoms with E-state index in [9.17, 15) is 13.2 Å². The Kier molecular flexibility index (Phi) is 5.60. The van der Waals surface area contributed by atoms with Gasteiger partial charge in [0.2, 0.25) is 0 Å². The van der Waals surface area contributed by atoms with Crippen LogP contribution >= 0.6 is 0 Å². The predicted octanol–water partition coefficient (Wildman–Crippen LogP) is 1.83. The Morgan fingerprint density at radius 1 is 1.21 bits per heavy atom. The van der Waals surface area contributed by atoms with Gasteiger partial charge in [0.25, 0.3) is 5.91 Å². The second-order valence-corrected chi connectivity index (χ2v) is 9.56. The highest BCUT2D eigenvalue weighted by atomic mass is 32.2. The molecule has 2 aliphatic heterocycles. The molecule has 2 atom stereocenters. The number of likely N-dealkylation sites (tertiary alicyclic amines) is 1. The third-order valence-corrected chi connectivity index (χ3v) is 6.56. The maximum absolute atomic E-state index is 12.8. The van der Waals surface area contributed by atoms with Crippen molar-refractivity contribution in [1.29, 1.82) is 0 Å². The molecule has 2 aliphatic rings. The van der Waals surface area contributed by atoms with Crippen LogP contribution in [0.3, 0.4) is 0 Å². The number of amides is 1. The van der Waals surface area contributed by atoms with E-state index in [1.165, 1.54) is 12.5 Å². The lowest BCUT2D eigenvalue weighted by Gasteiger charge is -2.34. The van der Waals surface area contributed by atoms with Crippen LogP contribution in [0.1, 0.15) is 37.3 Å². The summed E-state index contributed by atoms with van der Waals surface area (Å²) in [6, 6.07) is 3.57. The molecule has 0 N–H and O–H groups in total. The molecule has 1 amide bonds. The molecule has 0 aromatic carbocycles. The zero-order valence-electron chi connectivity index (χ0n) is 16.3. The van der Waals surface area contributed by atoms with Crippen molar-refractivity contribution in [3.05, 3.63) is 36.4 Å². The van der Waals surface area contributed by atoms with Crippen LogP contribution in [0.15, 0.2) is 35.6 Å². The number of ether oxygens (including phenoxy) is 1. The van der Waals surface area contributed by atoms with Gasteiger partial charge < -0.3 is 9.64 Å². The average Bonchev–Trinajstić information content (AvgIpc) is 3.28. The van der Waals surface area contributed by atoms with Gasteiger partial charge >= 0.3 is 0 Å². The highest BCUT2D eigenvalue weighted by Crippen LogP contribution is 2.32. The van der Waals surface area contributed by atoms with E-state index in [1.807, 2.05) is 0 Å². The topological polar surface area (TPSA) is 102 Å². The molecule has 2 aromatic heterocycles. The Morgan fingerprint density at radius 2 is 2.00 bits per heavy atom. The van der Waals surface area contributed by atoms with Gasteiger partial charge in [0.1, 0.15) is 11.0 Å². The Morgan fingerprint density at radius 3 is 2.69 bits per heavy atom. The quantitative estimate of drug-likeness (QED) is 0.749. The van der Waals surface area contributed by atoms with Gasteiger partial charge in [-0.3, -0.25) is 9.78 Å². The third kappa shape index (κ3) is 4.30. The zero-order chi connectivity index (χ0) is 20.4. The van der Waals surface area contributed by atoms with Crippen molar-refractivity contribution in [3.63, 3.8) is 0 Å². The first-order chi connectivity index (χ1) is 13.9. The van der Waals surface area contributed by atoms with Crippen molar-refractivity contribution in [3.8, 4) is 11.4 Å². The number of hydrogen-bond donors (Lipinski definition) is 0. The standard InChI is InChI=1S/C20H24N4O4S/c1-29(26,27)17-12-22-19(14-6-8-21-9-7-14)23-18(17)15-4-2-10-24(13-15)20(25)16-5-3-11-28-16/h6-9,12,15-16H,2-5,10-11,13H2,1H3. The molecule has 4 rings (SSSR count). The molecule has 0 bridgehead atoms. The molecule has 2 unspecified atom stereocenters. The molecule has 2 aromatic rings. The second-order valence-electron chi connectivity index (χ2n) is 7.58. The summed E-state index contributed by atoms with van der Waals surface area (Å²) in [5.41, 5.74) is 1.25. The number of carbonyl (C=O) groups is 1. The van der Waals surface area contributed by atoms with Crippen LogP contribution in [0, 0.1) is 0 Å². The first-order valence-electron chi connectivity index (χ1n) is 9.81. The fourth-order valence-corrected chi connectivity index (χ4v) is 4.82. The molecule has 154 valence electrons. The van der Waals surface area contributed by atoms with Gasteiger partial charge in [-0.15, -0.1) is 0 Å². The van der Waals surface area contributed by atoms with E-state index in [-0.39, 0.29) is 22.8 Å². The Hall–Kier alpha value is -2.39. The monoisotopic (exact) mass is 416 g/mol. The number of aromatic nitrogens is 3. The molecule has 29 heavy (non-hydrogen) atoms. The summed E-state index contributed by atoms with van der Waals surface area (Å²) in [4.78, 5) is 27.6. The van der Waals surface area contributed by atoms with Crippen LogP contribution in [0.5, 0.6) is 0 Å². The summed E-state index contributed by atoms with van der Waals surface area (Å²) in [6.07, 6.45) is 8.67. The van der Waals surface area contributed by atoms with E-state index in [1.54, 1.807) is 29.4 Å². The highest BCUT2D eigenvalue weighted by molar-refractivity contribution is 7.90. The smallest absolute Gasteiger partial charge is 0.251 e. The minimum atomic E-state index is -3.50. The lowest BCUT2D eigenvalue weighted by molar-refractivity contribution is -0.142. The van der Waals surface area contributed by atoms with Crippen LogP contribution in [-0.2, 0) is 19.4 Å². The summed E-state index contributed by atoms with van der Waals surface area (Å²) in [5.74, 6) is 0.288. The van der Waals surface area contributed by atoms with Crippen molar-refractivity contribution in [2.45, 2.75) is 42.6 Å². The van der Waals surface area contributed by atoms with Crippen LogP contribution < -0.4 is 0 Å². The van der Waals surface area contributed by atoms with Gasteiger partial charge in [0.05, 0.1) is 5.69 Å². The molecular formula is C20H24N4O4S. The van der Waals surface area contributed by atoms with Crippen molar-refractivity contribution >= 4 is 15.7 Å². The van der Waals surface area contributed by atoms with Crippen LogP contribution in [0.4, 0.5) is 0 Å². The number of hydrogen-bond acceptors (Lipinski definition) is 7. The van der Waals surface area contributed by atoms with Crippen molar-refractivity contribution in [2.24, 2.45) is 0 Å². The maximum Gasteiger partial charge on any atom is 0.251 e. The largest absolute Gasteiger partial charge is 0.368 e. The van der Waals surface area contributed by atoms with Crippen LogP contribution in [0.25, 0.3) is 11.4 Å². The molecule has 0 spiro atoms. The fourth-order valence-electron chi connectivity index (χ4n) is 3.98. The number of carbonyl (C=O) groups excluding carboxylic acids is 1. The lowest BCUT2D eigenvalue weighted by Crippen LogP contribution is -2.44. The number of rotatable bonds is 4. The summed E-state index contributed by atoms with van der Waals surface area (Å²) in [6.45, 7) is 1.72. The predicted molar refractivity (Wildman–Crippen MR) is 106 cm³/mol. The summed E-state index contributed by atoms with van der Waals surface area (Å²) >= 11 is 0. The highest BCUT2D eigenvalue weighted by Gasteiger charge is 2.34. The SMILES string of the molecule is CS(=O)(=O)c1cnc(-c2ccncc2)nc1C1CCCN(C(=O)C2CCCO2)C1. The van der Waals surface area contributed by atoms with E-state index in [2.05, 4.69) is 15.0 Å². The van der Waals surface area contributed by atoms with E-state index in [0.717, 1.165) is 31.2 Å². The number of nitrogens with zero attached hydrogens (tertiary/aromatic N) is 4. The van der Waals surface area contributed by atoms with Crippen molar-refractivity contribution in [1.82, 2.24) is 19.9 Å². The molecule has 0 aliphatic carbocycles. The van der Waals surface area contributed by atoms with Gasteiger partial charge in [-0.2, -0.15) is 0 Å². The van der Waals surface area contributed by atoms with Gasteiger partial charge in [0, 0.05) is 56.0 Å². The molecule has 9 heteroatoms. The normalized spacial score (nSPS) is 22.6. The van der Waals surface area contributed by atoms with Gasteiger partial charge in [-0.1, -0.05) is 0 Å². The molecule has 0 radical (unpaired) electrons. The van der Waals surface area contributed by atoms with E-state index in [0.29, 0.717) is 31.2 Å². The Labute approximate surface area is 170 Å². The Balaban J connectivity index is 1.67.